The Bertz CT molecular complexity index is 672. The standard InChI is InChI=1S/C11H14N2O.C4H4O4/c1-7(12)4-8-6-13-11-3-2-9(14)5-10(8)11;5-3(6)1-2-4(7)8/h2-3,5-7,13-14H,4,12H2,1H3;1-2H,(H,5,6)(H,7,8)/b;2-1+. The summed E-state index contributed by atoms with van der Waals surface area (Å²) in [6, 6.07) is 5.45. The molecule has 0 fully saturated rings. The molecule has 118 valence electrons. The van der Waals surface area contributed by atoms with Gasteiger partial charge in [0.15, 0.2) is 0 Å². The number of hydrogen-bond donors (Lipinski definition) is 5. The fraction of sp³-hybridized carbons (Fsp3) is 0.200. The number of aliphatic carboxylic acids is 2. The Morgan fingerprint density at radius 2 is 1.86 bits per heavy atom. The van der Waals surface area contributed by atoms with Crippen molar-refractivity contribution in [3.63, 3.8) is 0 Å². The van der Waals surface area contributed by atoms with Gasteiger partial charge in [0, 0.05) is 35.3 Å². The third-order valence-corrected chi connectivity index (χ3v) is 2.66. The van der Waals surface area contributed by atoms with Crippen molar-refractivity contribution in [2.75, 3.05) is 0 Å². The lowest BCUT2D eigenvalue weighted by atomic mass is 10.1. The summed E-state index contributed by atoms with van der Waals surface area (Å²) in [5, 5.41) is 26.0. The van der Waals surface area contributed by atoms with E-state index in [0.29, 0.717) is 17.9 Å². The molecule has 1 atom stereocenters. The third-order valence-electron chi connectivity index (χ3n) is 2.66. The maximum Gasteiger partial charge on any atom is 0.328 e. The van der Waals surface area contributed by atoms with Crippen molar-refractivity contribution in [2.24, 2.45) is 5.73 Å². The molecular formula is C15H18N2O5. The van der Waals surface area contributed by atoms with Crippen LogP contribution in [-0.2, 0) is 16.0 Å². The van der Waals surface area contributed by atoms with E-state index >= 15 is 0 Å². The van der Waals surface area contributed by atoms with Crippen LogP contribution < -0.4 is 5.73 Å². The van der Waals surface area contributed by atoms with Crippen LogP contribution in [0, 0.1) is 0 Å². The van der Waals surface area contributed by atoms with Crippen LogP contribution in [0.2, 0.25) is 0 Å². The minimum atomic E-state index is -1.26. The molecule has 0 aliphatic heterocycles. The normalized spacial score (nSPS) is 11.9. The van der Waals surface area contributed by atoms with Crippen molar-refractivity contribution >= 4 is 22.8 Å². The van der Waals surface area contributed by atoms with E-state index in [1.165, 1.54) is 0 Å². The number of aromatic hydroxyl groups is 1. The van der Waals surface area contributed by atoms with E-state index in [9.17, 15) is 14.7 Å². The average molecular weight is 306 g/mol. The highest BCUT2D eigenvalue weighted by Crippen LogP contribution is 2.23. The first-order chi connectivity index (χ1) is 10.3. The molecule has 2 aromatic rings. The number of aromatic nitrogens is 1. The van der Waals surface area contributed by atoms with Gasteiger partial charge in [0.2, 0.25) is 0 Å². The summed E-state index contributed by atoms with van der Waals surface area (Å²) in [6.45, 7) is 1.97. The van der Waals surface area contributed by atoms with Crippen LogP contribution in [-0.4, -0.2) is 38.3 Å². The second-order valence-electron chi connectivity index (χ2n) is 4.74. The maximum atomic E-state index is 9.55. The molecule has 1 unspecified atom stereocenters. The van der Waals surface area contributed by atoms with Gasteiger partial charge in [-0.2, -0.15) is 0 Å². The van der Waals surface area contributed by atoms with Gasteiger partial charge in [-0.05, 0) is 37.1 Å². The molecule has 22 heavy (non-hydrogen) atoms. The summed E-state index contributed by atoms with van der Waals surface area (Å²) >= 11 is 0. The summed E-state index contributed by atoms with van der Waals surface area (Å²) in [5.74, 6) is -2.22. The van der Waals surface area contributed by atoms with Crippen molar-refractivity contribution in [1.29, 1.82) is 0 Å². The first-order valence-electron chi connectivity index (χ1n) is 6.48. The Labute approximate surface area is 126 Å². The molecule has 0 aliphatic carbocycles. The lowest BCUT2D eigenvalue weighted by Crippen LogP contribution is -2.17. The molecule has 7 heteroatoms. The molecule has 0 bridgehead atoms. The summed E-state index contributed by atoms with van der Waals surface area (Å²) in [5.41, 5.74) is 7.93. The fourth-order valence-corrected chi connectivity index (χ4v) is 1.82. The van der Waals surface area contributed by atoms with E-state index in [0.717, 1.165) is 22.9 Å². The zero-order chi connectivity index (χ0) is 16.7. The molecule has 0 amide bonds. The highest BCUT2D eigenvalue weighted by molar-refractivity contribution is 5.89. The largest absolute Gasteiger partial charge is 0.508 e. The Morgan fingerprint density at radius 3 is 2.36 bits per heavy atom. The summed E-state index contributed by atoms with van der Waals surface area (Å²) in [7, 11) is 0. The zero-order valence-electron chi connectivity index (χ0n) is 12.0. The Hall–Kier alpha value is -2.80. The molecule has 1 aromatic carbocycles. The number of phenolic OH excluding ortho intramolecular Hbond substituents is 1. The van der Waals surface area contributed by atoms with Gasteiger partial charge in [-0.15, -0.1) is 0 Å². The number of nitrogens with two attached hydrogens (primary N) is 1. The molecule has 0 aliphatic rings. The van der Waals surface area contributed by atoms with Crippen molar-refractivity contribution < 1.29 is 24.9 Å². The molecule has 0 saturated carbocycles. The van der Waals surface area contributed by atoms with E-state index < -0.39 is 11.9 Å². The Balaban J connectivity index is 0.000000261. The van der Waals surface area contributed by atoms with Gasteiger partial charge in [-0.1, -0.05) is 0 Å². The first-order valence-corrected chi connectivity index (χ1v) is 6.48. The summed E-state index contributed by atoms with van der Waals surface area (Å²) in [4.78, 5) is 22.3. The van der Waals surface area contributed by atoms with Gasteiger partial charge in [0.1, 0.15) is 5.75 Å². The number of hydrogen-bond acceptors (Lipinski definition) is 4. The molecule has 0 spiro atoms. The molecule has 1 heterocycles. The Kier molecular flexibility index (Phi) is 6.15. The second-order valence-corrected chi connectivity index (χ2v) is 4.74. The van der Waals surface area contributed by atoms with Crippen LogP contribution in [0.25, 0.3) is 10.9 Å². The van der Waals surface area contributed by atoms with Gasteiger partial charge in [-0.3, -0.25) is 0 Å². The highest BCUT2D eigenvalue weighted by atomic mass is 16.4. The van der Waals surface area contributed by atoms with Gasteiger partial charge in [0.25, 0.3) is 0 Å². The van der Waals surface area contributed by atoms with Gasteiger partial charge < -0.3 is 26.0 Å². The van der Waals surface area contributed by atoms with Crippen molar-refractivity contribution in [1.82, 2.24) is 4.98 Å². The fourth-order valence-electron chi connectivity index (χ4n) is 1.82. The number of H-pyrrole nitrogens is 1. The first kappa shape index (κ1) is 17.3. The number of phenols is 1. The smallest absolute Gasteiger partial charge is 0.328 e. The number of rotatable bonds is 4. The number of nitrogens with one attached hydrogen (secondary N) is 1. The lowest BCUT2D eigenvalue weighted by Gasteiger charge is -2.02. The number of benzene rings is 1. The zero-order valence-corrected chi connectivity index (χ0v) is 12.0. The number of carboxylic acid groups (broad SMARTS) is 2. The van der Waals surface area contributed by atoms with Crippen molar-refractivity contribution in [2.45, 2.75) is 19.4 Å². The minimum Gasteiger partial charge on any atom is -0.508 e. The summed E-state index contributed by atoms with van der Waals surface area (Å²) < 4.78 is 0. The third kappa shape index (κ3) is 5.68. The predicted octanol–water partition coefficient (Wildman–Crippen LogP) is 1.47. The van der Waals surface area contributed by atoms with Crippen LogP contribution in [0.4, 0.5) is 0 Å². The average Bonchev–Trinajstić information content (AvgIpc) is 2.79. The lowest BCUT2D eigenvalue weighted by molar-refractivity contribution is -0.134. The minimum absolute atomic E-state index is 0.136. The van der Waals surface area contributed by atoms with Crippen LogP contribution in [0.1, 0.15) is 12.5 Å². The topological polar surface area (TPSA) is 137 Å². The number of carboxylic acids is 2. The van der Waals surface area contributed by atoms with E-state index in [2.05, 4.69) is 4.98 Å². The number of carbonyl (C=O) groups is 2. The monoisotopic (exact) mass is 306 g/mol. The van der Waals surface area contributed by atoms with Crippen molar-refractivity contribution in [3.8, 4) is 5.75 Å². The SMILES string of the molecule is CC(N)Cc1c[nH]c2ccc(O)cc12.O=C(O)/C=C/C(=O)O. The predicted molar refractivity (Wildman–Crippen MR) is 81.7 cm³/mol. The molecular weight excluding hydrogens is 288 g/mol. The van der Waals surface area contributed by atoms with Gasteiger partial charge in [0.05, 0.1) is 0 Å². The molecule has 1 aromatic heterocycles. The highest BCUT2D eigenvalue weighted by Gasteiger charge is 2.05. The van der Waals surface area contributed by atoms with Crippen LogP contribution in [0.5, 0.6) is 5.75 Å². The van der Waals surface area contributed by atoms with E-state index in [1.54, 1.807) is 12.1 Å². The van der Waals surface area contributed by atoms with Gasteiger partial charge in [-0.25, -0.2) is 9.59 Å². The summed E-state index contributed by atoms with van der Waals surface area (Å²) in [6.07, 6.45) is 3.89. The number of aromatic amines is 1. The van der Waals surface area contributed by atoms with Crippen LogP contribution in [0.3, 0.4) is 0 Å². The van der Waals surface area contributed by atoms with E-state index in [-0.39, 0.29) is 6.04 Å². The van der Waals surface area contributed by atoms with E-state index in [1.807, 2.05) is 19.2 Å². The molecule has 0 radical (unpaired) electrons. The molecule has 0 saturated heterocycles. The quantitative estimate of drug-likeness (QED) is 0.543. The van der Waals surface area contributed by atoms with Gasteiger partial charge >= 0.3 is 11.9 Å². The van der Waals surface area contributed by atoms with Crippen LogP contribution in [0.15, 0.2) is 36.5 Å². The molecule has 7 nitrogen and oxygen atoms in total. The molecule has 2 rings (SSSR count). The second kappa shape index (κ2) is 7.84. The number of fused-ring (bicyclic) bond motifs is 1. The van der Waals surface area contributed by atoms with Crippen molar-refractivity contribution in [3.05, 3.63) is 42.1 Å². The van der Waals surface area contributed by atoms with Crippen LogP contribution >= 0.6 is 0 Å². The maximum absolute atomic E-state index is 9.55. The Morgan fingerprint density at radius 1 is 1.27 bits per heavy atom. The van der Waals surface area contributed by atoms with E-state index in [4.69, 9.17) is 15.9 Å². The molecule has 6 N–H and O–H groups in total.